The van der Waals surface area contributed by atoms with Gasteiger partial charge in [-0.05, 0) is 73.7 Å². The zero-order valence-electron chi connectivity index (χ0n) is 19.6. The van der Waals surface area contributed by atoms with E-state index in [-0.39, 0.29) is 17.1 Å². The Kier molecular flexibility index (Phi) is 6.71. The van der Waals surface area contributed by atoms with Crippen molar-refractivity contribution in [2.75, 3.05) is 26.3 Å². The van der Waals surface area contributed by atoms with E-state index < -0.39 is 0 Å². The lowest BCUT2D eigenvalue weighted by atomic mass is 9.68. The average Bonchev–Trinajstić information content (AvgIpc) is 3.47. The van der Waals surface area contributed by atoms with Crippen LogP contribution in [0.5, 0.6) is 0 Å². The number of hydrogen-bond acceptors (Lipinski definition) is 5. The number of hydrogen-bond donors (Lipinski definition) is 1. The van der Waals surface area contributed by atoms with Crippen molar-refractivity contribution in [1.29, 1.82) is 0 Å². The van der Waals surface area contributed by atoms with Gasteiger partial charge in [-0.1, -0.05) is 32.8 Å². The molecule has 5 heteroatoms. The standard InChI is InChI=1S/C27H38N2O2S/c1-20(2)22-18-30-23(21-8-16-32-25(21)22)17-28-14-11-26(24-7-3-6-13-29-24)12-15-31-27(19-26)9-4-5-10-27/h3,6-8,13,16,20,22-23,28H,4-5,9-12,14-15,17-19H2,1-2H3/t22?,23?,26-/m1/s1. The van der Waals surface area contributed by atoms with E-state index in [0.29, 0.717) is 11.8 Å². The summed E-state index contributed by atoms with van der Waals surface area (Å²) in [6, 6.07) is 8.69. The molecule has 2 aromatic heterocycles. The Morgan fingerprint density at radius 2 is 2.06 bits per heavy atom. The number of fused-ring (bicyclic) bond motifs is 1. The highest BCUT2D eigenvalue weighted by Gasteiger charge is 2.48. The third-order valence-electron chi connectivity index (χ3n) is 8.17. The SMILES string of the molecule is CC(C)C1COC(CNCC[C@@]2(c3ccccn3)CCOC3(CCCC3)C2)c2ccsc21. The van der Waals surface area contributed by atoms with Crippen LogP contribution in [0.2, 0.25) is 0 Å². The van der Waals surface area contributed by atoms with Crippen molar-refractivity contribution in [3.63, 3.8) is 0 Å². The predicted octanol–water partition coefficient (Wildman–Crippen LogP) is 5.99. The van der Waals surface area contributed by atoms with Gasteiger partial charge in [0.05, 0.1) is 18.3 Å². The van der Waals surface area contributed by atoms with E-state index in [0.717, 1.165) is 45.6 Å². The van der Waals surface area contributed by atoms with Gasteiger partial charge in [0, 0.05) is 41.3 Å². The van der Waals surface area contributed by atoms with E-state index in [9.17, 15) is 0 Å². The topological polar surface area (TPSA) is 43.4 Å². The summed E-state index contributed by atoms with van der Waals surface area (Å²) in [6.07, 6.45) is 10.4. The molecule has 1 aliphatic carbocycles. The Morgan fingerprint density at radius 1 is 1.19 bits per heavy atom. The van der Waals surface area contributed by atoms with E-state index >= 15 is 0 Å². The Labute approximate surface area is 197 Å². The van der Waals surface area contributed by atoms with Crippen LogP contribution in [0.3, 0.4) is 0 Å². The number of thiophene rings is 1. The Morgan fingerprint density at radius 3 is 2.84 bits per heavy atom. The van der Waals surface area contributed by atoms with Gasteiger partial charge in [-0.15, -0.1) is 11.3 Å². The molecule has 2 unspecified atom stereocenters. The third kappa shape index (κ3) is 4.42. The highest BCUT2D eigenvalue weighted by atomic mass is 32.1. The lowest BCUT2D eigenvalue weighted by Crippen LogP contribution is -2.47. The molecule has 1 N–H and O–H groups in total. The van der Waals surface area contributed by atoms with Crippen molar-refractivity contribution >= 4 is 11.3 Å². The van der Waals surface area contributed by atoms with Gasteiger partial charge in [0.25, 0.3) is 0 Å². The fraction of sp³-hybridized carbons (Fsp3) is 0.667. The van der Waals surface area contributed by atoms with Crippen LogP contribution < -0.4 is 5.32 Å². The summed E-state index contributed by atoms with van der Waals surface area (Å²) in [7, 11) is 0. The van der Waals surface area contributed by atoms with Crippen molar-refractivity contribution in [3.05, 3.63) is 52.0 Å². The van der Waals surface area contributed by atoms with E-state index in [1.54, 1.807) is 0 Å². The van der Waals surface area contributed by atoms with Gasteiger partial charge in [0.15, 0.2) is 0 Å². The summed E-state index contributed by atoms with van der Waals surface area (Å²) in [5, 5.41) is 6.00. The second-order valence-electron chi connectivity index (χ2n) is 10.5. The number of nitrogens with zero attached hydrogens (tertiary/aromatic N) is 1. The van der Waals surface area contributed by atoms with Gasteiger partial charge in [0.1, 0.15) is 0 Å². The molecule has 174 valence electrons. The fourth-order valence-corrected chi connectivity index (χ4v) is 7.52. The maximum absolute atomic E-state index is 6.40. The first kappa shape index (κ1) is 22.5. The molecule has 32 heavy (non-hydrogen) atoms. The first-order valence-corrected chi connectivity index (χ1v) is 13.4. The number of ether oxygens (including phenoxy) is 2. The number of aromatic nitrogens is 1. The molecule has 1 saturated carbocycles. The van der Waals surface area contributed by atoms with Crippen LogP contribution in [0.15, 0.2) is 35.8 Å². The smallest absolute Gasteiger partial charge is 0.0960 e. The van der Waals surface area contributed by atoms with E-state index in [4.69, 9.17) is 14.5 Å². The fourth-order valence-electron chi connectivity index (χ4n) is 6.30. The first-order valence-electron chi connectivity index (χ1n) is 12.6. The molecule has 0 amide bonds. The molecule has 4 heterocycles. The van der Waals surface area contributed by atoms with Gasteiger partial charge in [-0.25, -0.2) is 0 Å². The second-order valence-corrected chi connectivity index (χ2v) is 11.5. The molecule has 0 bridgehead atoms. The maximum Gasteiger partial charge on any atom is 0.0960 e. The summed E-state index contributed by atoms with van der Waals surface area (Å²) in [5.74, 6) is 1.16. The van der Waals surface area contributed by atoms with Gasteiger partial charge in [0.2, 0.25) is 0 Å². The highest BCUT2D eigenvalue weighted by Crippen LogP contribution is 2.49. The van der Waals surface area contributed by atoms with Crippen molar-refractivity contribution in [1.82, 2.24) is 10.3 Å². The van der Waals surface area contributed by atoms with Gasteiger partial charge >= 0.3 is 0 Å². The van der Waals surface area contributed by atoms with E-state index in [1.807, 2.05) is 23.6 Å². The predicted molar refractivity (Wildman–Crippen MR) is 130 cm³/mol. The molecule has 2 fully saturated rings. The second kappa shape index (κ2) is 9.54. The highest BCUT2D eigenvalue weighted by molar-refractivity contribution is 7.10. The lowest BCUT2D eigenvalue weighted by molar-refractivity contribution is -0.104. The minimum absolute atomic E-state index is 0.0830. The summed E-state index contributed by atoms with van der Waals surface area (Å²) < 4.78 is 12.7. The number of rotatable bonds is 7. The Balaban J connectivity index is 1.25. The summed E-state index contributed by atoms with van der Waals surface area (Å²) in [4.78, 5) is 6.38. The molecule has 0 radical (unpaired) electrons. The summed E-state index contributed by atoms with van der Waals surface area (Å²) in [6.45, 7) is 8.18. The molecule has 3 aliphatic rings. The van der Waals surface area contributed by atoms with Crippen LogP contribution in [0.25, 0.3) is 0 Å². The van der Waals surface area contributed by atoms with Crippen LogP contribution in [0.4, 0.5) is 0 Å². The van der Waals surface area contributed by atoms with Gasteiger partial charge in [-0.2, -0.15) is 0 Å². The lowest BCUT2D eigenvalue weighted by Gasteiger charge is -2.46. The summed E-state index contributed by atoms with van der Waals surface area (Å²) >= 11 is 1.90. The zero-order chi connectivity index (χ0) is 22.0. The van der Waals surface area contributed by atoms with Crippen LogP contribution in [0.1, 0.15) is 86.9 Å². The van der Waals surface area contributed by atoms with E-state index in [1.165, 1.54) is 41.8 Å². The molecule has 1 spiro atoms. The van der Waals surface area contributed by atoms with Crippen LogP contribution >= 0.6 is 11.3 Å². The minimum atomic E-state index is 0.0830. The quantitative estimate of drug-likeness (QED) is 0.522. The van der Waals surface area contributed by atoms with Crippen molar-refractivity contribution in [3.8, 4) is 0 Å². The monoisotopic (exact) mass is 454 g/mol. The maximum atomic E-state index is 6.40. The molecular formula is C27H38N2O2S. The first-order chi connectivity index (χ1) is 15.6. The van der Waals surface area contributed by atoms with Gasteiger partial charge < -0.3 is 14.8 Å². The molecule has 1 saturated heterocycles. The molecule has 2 aromatic rings. The third-order valence-corrected chi connectivity index (χ3v) is 9.24. The Bertz CT molecular complexity index is 877. The molecule has 3 atom stereocenters. The molecule has 5 rings (SSSR count). The van der Waals surface area contributed by atoms with Crippen molar-refractivity contribution in [2.24, 2.45) is 5.92 Å². The molecule has 0 aromatic carbocycles. The summed E-state index contributed by atoms with van der Waals surface area (Å²) in [5.41, 5.74) is 2.85. The number of pyridine rings is 1. The largest absolute Gasteiger partial charge is 0.375 e. The Hall–Kier alpha value is -1.27. The molecular weight excluding hydrogens is 416 g/mol. The van der Waals surface area contributed by atoms with E-state index in [2.05, 4.69) is 42.7 Å². The van der Waals surface area contributed by atoms with Crippen LogP contribution in [-0.2, 0) is 14.9 Å². The number of nitrogens with one attached hydrogen (secondary N) is 1. The molecule has 4 nitrogen and oxygen atoms in total. The van der Waals surface area contributed by atoms with Crippen molar-refractivity contribution < 1.29 is 9.47 Å². The average molecular weight is 455 g/mol. The van der Waals surface area contributed by atoms with Crippen molar-refractivity contribution in [2.45, 2.75) is 81.8 Å². The normalized spacial score (nSPS) is 29.5. The molecule has 2 aliphatic heterocycles. The minimum Gasteiger partial charge on any atom is -0.375 e. The van der Waals surface area contributed by atoms with Crippen LogP contribution in [-0.4, -0.2) is 36.9 Å². The van der Waals surface area contributed by atoms with Gasteiger partial charge in [-0.3, -0.25) is 4.98 Å². The zero-order valence-corrected chi connectivity index (χ0v) is 20.5. The van der Waals surface area contributed by atoms with Crippen LogP contribution in [0, 0.1) is 5.92 Å².